The van der Waals surface area contributed by atoms with Crippen molar-refractivity contribution in [2.45, 2.75) is 0 Å². The summed E-state index contributed by atoms with van der Waals surface area (Å²) in [4.78, 5) is 16.2. The zero-order chi connectivity index (χ0) is 19.2. The number of ether oxygens (including phenoxy) is 2. The fraction of sp³-hybridized carbons (Fsp3) is 0.105. The van der Waals surface area contributed by atoms with Gasteiger partial charge in [0, 0.05) is 12.1 Å². The maximum absolute atomic E-state index is 12.9. The first-order valence-electron chi connectivity index (χ1n) is 7.98. The van der Waals surface area contributed by atoms with Gasteiger partial charge in [-0.1, -0.05) is 12.1 Å². The van der Waals surface area contributed by atoms with E-state index in [2.05, 4.69) is 20.5 Å². The molecule has 2 N–H and O–H groups in total. The molecule has 0 aliphatic rings. The first kappa shape index (κ1) is 18.1. The van der Waals surface area contributed by atoms with Crippen LogP contribution in [0.3, 0.4) is 0 Å². The lowest BCUT2D eigenvalue weighted by Gasteiger charge is -2.07. The Labute approximate surface area is 154 Å². The lowest BCUT2D eigenvalue weighted by atomic mass is 10.2. The highest BCUT2D eigenvalue weighted by atomic mass is 19.1. The van der Waals surface area contributed by atoms with Crippen LogP contribution >= 0.6 is 0 Å². The van der Waals surface area contributed by atoms with E-state index in [1.165, 1.54) is 25.3 Å². The Morgan fingerprint density at radius 3 is 2.63 bits per heavy atom. The van der Waals surface area contributed by atoms with E-state index in [1.54, 1.807) is 43.5 Å². The van der Waals surface area contributed by atoms with Gasteiger partial charge in [0.1, 0.15) is 17.3 Å². The molecule has 0 atom stereocenters. The molecule has 138 valence electrons. The molecule has 0 spiro atoms. The van der Waals surface area contributed by atoms with Gasteiger partial charge in [-0.3, -0.25) is 15.2 Å². The third-order valence-corrected chi connectivity index (χ3v) is 3.68. The molecular formula is C19H17FN4O3. The number of hydrogen-bond donors (Lipinski definition) is 2. The van der Waals surface area contributed by atoms with E-state index in [4.69, 9.17) is 9.47 Å². The molecule has 1 heterocycles. The van der Waals surface area contributed by atoms with E-state index in [0.717, 1.165) is 0 Å². The van der Waals surface area contributed by atoms with Gasteiger partial charge < -0.3 is 9.47 Å². The Kier molecular flexibility index (Phi) is 5.46. The zero-order valence-electron chi connectivity index (χ0n) is 14.7. The van der Waals surface area contributed by atoms with Gasteiger partial charge in [0.25, 0.3) is 5.91 Å². The van der Waals surface area contributed by atoms with E-state index < -0.39 is 5.91 Å². The van der Waals surface area contributed by atoms with Crippen molar-refractivity contribution in [3.63, 3.8) is 0 Å². The van der Waals surface area contributed by atoms with Crippen molar-refractivity contribution in [1.82, 2.24) is 15.2 Å². The molecule has 0 fully saturated rings. The second kappa shape index (κ2) is 8.13. The van der Waals surface area contributed by atoms with E-state index in [-0.39, 0.29) is 11.8 Å². The predicted molar refractivity (Wildman–Crippen MR) is 99.0 cm³/mol. The Hall–Kier alpha value is -3.68. The minimum Gasteiger partial charge on any atom is -0.497 e. The minimum atomic E-state index is -0.411. The number of H-pyrrole nitrogens is 1. The third-order valence-electron chi connectivity index (χ3n) is 3.68. The topological polar surface area (TPSA) is 89.1 Å². The van der Waals surface area contributed by atoms with E-state index in [9.17, 15) is 9.18 Å². The highest BCUT2D eigenvalue weighted by Crippen LogP contribution is 2.31. The number of halogens is 1. The highest BCUT2D eigenvalue weighted by molar-refractivity contribution is 6.01. The Morgan fingerprint density at radius 2 is 1.93 bits per heavy atom. The van der Waals surface area contributed by atoms with Crippen LogP contribution in [-0.4, -0.2) is 35.3 Å². The summed E-state index contributed by atoms with van der Waals surface area (Å²) in [5.74, 6) is 1.02. The number of methoxy groups -OCH3 is 2. The molecule has 3 aromatic rings. The van der Waals surface area contributed by atoms with Crippen molar-refractivity contribution in [2.75, 3.05) is 19.5 Å². The summed E-state index contributed by atoms with van der Waals surface area (Å²) in [7, 11) is 3.10. The maximum atomic E-state index is 12.9. The van der Waals surface area contributed by atoms with Crippen LogP contribution in [0.2, 0.25) is 0 Å². The number of aromatic amines is 1. The molecule has 0 aliphatic carbocycles. The molecule has 8 heteroatoms. The predicted octanol–water partition coefficient (Wildman–Crippen LogP) is 3.28. The fourth-order valence-corrected chi connectivity index (χ4v) is 2.33. The number of benzene rings is 2. The lowest BCUT2D eigenvalue weighted by Crippen LogP contribution is -2.09. The van der Waals surface area contributed by atoms with Crippen molar-refractivity contribution in [3.05, 3.63) is 59.9 Å². The molecule has 0 unspecified atom stereocenters. The van der Waals surface area contributed by atoms with Crippen molar-refractivity contribution in [2.24, 2.45) is 0 Å². The summed E-state index contributed by atoms with van der Waals surface area (Å²) >= 11 is 0. The molecule has 0 saturated carbocycles. The van der Waals surface area contributed by atoms with Crippen molar-refractivity contribution >= 4 is 17.9 Å². The van der Waals surface area contributed by atoms with Gasteiger partial charge in [-0.2, -0.15) is 4.98 Å². The summed E-state index contributed by atoms with van der Waals surface area (Å²) < 4.78 is 23.4. The first-order chi connectivity index (χ1) is 13.1. The standard InChI is InChI=1S/C19H17FN4O3/c1-26-14-8-9-15(16(11-14)27-2)18-22-19(24-23-18)21-17(25)10-5-12-3-6-13(20)7-4-12/h3-11H,1-2H3,(H2,21,22,23,24,25)/b10-5+. The summed E-state index contributed by atoms with van der Waals surface area (Å²) in [6.45, 7) is 0. The number of aromatic nitrogens is 3. The van der Waals surface area contributed by atoms with Gasteiger partial charge in [-0.05, 0) is 35.9 Å². The van der Waals surface area contributed by atoms with Crippen LogP contribution in [0.5, 0.6) is 11.5 Å². The fourth-order valence-electron chi connectivity index (χ4n) is 2.33. The molecule has 7 nitrogen and oxygen atoms in total. The lowest BCUT2D eigenvalue weighted by molar-refractivity contribution is -0.111. The molecule has 27 heavy (non-hydrogen) atoms. The van der Waals surface area contributed by atoms with E-state index in [1.807, 2.05) is 0 Å². The minimum absolute atomic E-state index is 0.122. The Bertz CT molecular complexity index is 967. The number of hydrogen-bond acceptors (Lipinski definition) is 5. The van der Waals surface area contributed by atoms with Crippen LogP contribution in [0.1, 0.15) is 5.56 Å². The molecule has 0 saturated heterocycles. The van der Waals surface area contributed by atoms with Gasteiger partial charge in [-0.15, -0.1) is 5.10 Å². The number of amides is 1. The van der Waals surface area contributed by atoms with Gasteiger partial charge in [-0.25, -0.2) is 4.39 Å². The molecule has 0 aliphatic heterocycles. The largest absolute Gasteiger partial charge is 0.497 e. The van der Waals surface area contributed by atoms with Crippen LogP contribution in [0.4, 0.5) is 10.3 Å². The van der Waals surface area contributed by atoms with Gasteiger partial charge in [0.05, 0.1) is 19.8 Å². The smallest absolute Gasteiger partial charge is 0.250 e. The first-order valence-corrected chi connectivity index (χ1v) is 7.98. The second-order valence-electron chi connectivity index (χ2n) is 5.45. The number of carbonyl (C=O) groups is 1. The average molecular weight is 368 g/mol. The summed E-state index contributed by atoms with van der Waals surface area (Å²) in [5.41, 5.74) is 1.37. The van der Waals surface area contributed by atoms with Crippen LogP contribution in [0, 0.1) is 5.82 Å². The molecule has 0 bridgehead atoms. The van der Waals surface area contributed by atoms with E-state index in [0.29, 0.717) is 28.5 Å². The number of carbonyl (C=O) groups excluding carboxylic acids is 1. The second-order valence-corrected chi connectivity index (χ2v) is 5.45. The Morgan fingerprint density at radius 1 is 1.15 bits per heavy atom. The van der Waals surface area contributed by atoms with Gasteiger partial charge in [0.2, 0.25) is 5.95 Å². The molecule has 0 radical (unpaired) electrons. The molecule has 3 rings (SSSR count). The zero-order valence-corrected chi connectivity index (χ0v) is 14.7. The summed E-state index contributed by atoms with van der Waals surface area (Å²) in [6.07, 6.45) is 2.88. The average Bonchev–Trinajstić information content (AvgIpc) is 3.15. The van der Waals surface area contributed by atoms with Gasteiger partial charge in [0.15, 0.2) is 5.82 Å². The molecule has 1 aromatic heterocycles. The quantitative estimate of drug-likeness (QED) is 0.652. The summed E-state index contributed by atoms with van der Waals surface area (Å²) in [6, 6.07) is 11.0. The van der Waals surface area contributed by atoms with Crippen LogP contribution in [0.25, 0.3) is 17.5 Å². The maximum Gasteiger partial charge on any atom is 0.250 e. The van der Waals surface area contributed by atoms with Crippen LogP contribution in [-0.2, 0) is 4.79 Å². The number of rotatable bonds is 6. The normalized spacial score (nSPS) is 10.8. The van der Waals surface area contributed by atoms with Gasteiger partial charge >= 0.3 is 0 Å². The monoisotopic (exact) mass is 368 g/mol. The SMILES string of the molecule is COc1ccc(-c2nc(NC(=O)/C=C/c3ccc(F)cc3)n[nH]2)c(OC)c1. The third kappa shape index (κ3) is 4.49. The van der Waals surface area contributed by atoms with Crippen LogP contribution < -0.4 is 14.8 Å². The molecule has 1 amide bonds. The van der Waals surface area contributed by atoms with Crippen molar-refractivity contribution in [3.8, 4) is 22.9 Å². The summed E-state index contributed by atoms with van der Waals surface area (Å²) in [5, 5.41) is 9.29. The highest BCUT2D eigenvalue weighted by Gasteiger charge is 2.13. The molecular weight excluding hydrogens is 351 g/mol. The van der Waals surface area contributed by atoms with E-state index >= 15 is 0 Å². The van der Waals surface area contributed by atoms with Crippen molar-refractivity contribution < 1.29 is 18.7 Å². The number of nitrogens with zero attached hydrogens (tertiary/aromatic N) is 2. The number of nitrogens with one attached hydrogen (secondary N) is 2. The van der Waals surface area contributed by atoms with Crippen LogP contribution in [0.15, 0.2) is 48.5 Å². The Balaban J connectivity index is 1.70. The van der Waals surface area contributed by atoms with Crippen molar-refractivity contribution in [1.29, 1.82) is 0 Å². The number of anilines is 1. The molecule has 2 aromatic carbocycles.